The summed E-state index contributed by atoms with van der Waals surface area (Å²) in [6.45, 7) is 5.76. The van der Waals surface area contributed by atoms with E-state index in [0.717, 1.165) is 19.6 Å². The molecular weight excluding hydrogens is 226 g/mol. The molecule has 0 aliphatic carbocycles. The van der Waals surface area contributed by atoms with Crippen LogP contribution in [0.1, 0.15) is 31.0 Å². The molecule has 1 saturated heterocycles. The van der Waals surface area contributed by atoms with Crippen LogP contribution in [-0.4, -0.2) is 32.5 Å². The Morgan fingerprint density at radius 2 is 2.00 bits per heavy atom. The van der Waals surface area contributed by atoms with Crippen LogP contribution in [0.15, 0.2) is 24.3 Å². The largest absolute Gasteiger partial charge is 0.376 e. The molecule has 3 heteroatoms. The third-order valence-corrected chi connectivity index (χ3v) is 3.54. The molecular formula is C15H23NO2. The first kappa shape index (κ1) is 13.5. The molecule has 0 bridgehead atoms. The van der Waals surface area contributed by atoms with Gasteiger partial charge in [0.2, 0.25) is 0 Å². The molecule has 18 heavy (non-hydrogen) atoms. The van der Waals surface area contributed by atoms with Crippen molar-refractivity contribution in [1.29, 1.82) is 0 Å². The van der Waals surface area contributed by atoms with Gasteiger partial charge in [-0.05, 0) is 31.5 Å². The van der Waals surface area contributed by atoms with Crippen LogP contribution in [0.25, 0.3) is 0 Å². The lowest BCUT2D eigenvalue weighted by Gasteiger charge is -2.33. The lowest BCUT2D eigenvalue weighted by molar-refractivity contribution is -0.156. The van der Waals surface area contributed by atoms with E-state index in [1.54, 1.807) is 0 Å². The highest BCUT2D eigenvalue weighted by Crippen LogP contribution is 2.22. The van der Waals surface area contributed by atoms with Gasteiger partial charge in [-0.3, -0.25) is 0 Å². The number of ether oxygens (including phenoxy) is 2. The fraction of sp³-hybridized carbons (Fsp3) is 0.600. The Hall–Kier alpha value is -0.900. The van der Waals surface area contributed by atoms with Gasteiger partial charge in [-0.2, -0.15) is 0 Å². The standard InChI is InChI=1S/C15H23NO2/c1-4-12-5-7-13(8-6-12)15(16-3)11(2)18-14-9-17-10-14/h5-8,11,14-16H,4,9-10H2,1-3H3. The van der Waals surface area contributed by atoms with E-state index in [-0.39, 0.29) is 18.2 Å². The predicted molar refractivity (Wildman–Crippen MR) is 72.8 cm³/mol. The van der Waals surface area contributed by atoms with Gasteiger partial charge in [0, 0.05) is 0 Å². The SMILES string of the molecule is CCc1ccc(C(NC)C(C)OC2COC2)cc1. The molecule has 1 aliphatic rings. The summed E-state index contributed by atoms with van der Waals surface area (Å²) < 4.78 is 11.1. The van der Waals surface area contributed by atoms with Crippen LogP contribution < -0.4 is 5.32 Å². The first-order chi connectivity index (χ1) is 8.74. The lowest BCUT2D eigenvalue weighted by atomic mass is 10.00. The Balaban J connectivity index is 2.00. The highest BCUT2D eigenvalue weighted by atomic mass is 16.6. The van der Waals surface area contributed by atoms with Crippen LogP contribution in [-0.2, 0) is 15.9 Å². The number of rotatable bonds is 6. The van der Waals surface area contributed by atoms with E-state index in [2.05, 4.69) is 43.4 Å². The summed E-state index contributed by atoms with van der Waals surface area (Å²) in [6, 6.07) is 9.00. The van der Waals surface area contributed by atoms with Gasteiger partial charge in [-0.15, -0.1) is 0 Å². The minimum absolute atomic E-state index is 0.149. The second-order valence-corrected chi connectivity index (χ2v) is 4.86. The molecule has 1 heterocycles. The van der Waals surface area contributed by atoms with Gasteiger partial charge in [-0.25, -0.2) is 0 Å². The molecule has 1 aliphatic heterocycles. The molecule has 2 unspecified atom stereocenters. The van der Waals surface area contributed by atoms with E-state index < -0.39 is 0 Å². The maximum atomic E-state index is 5.96. The Bertz CT molecular complexity index is 359. The highest BCUT2D eigenvalue weighted by Gasteiger charge is 2.26. The third kappa shape index (κ3) is 3.10. The summed E-state index contributed by atoms with van der Waals surface area (Å²) in [7, 11) is 1.98. The average molecular weight is 249 g/mol. The monoisotopic (exact) mass is 249 g/mol. The van der Waals surface area contributed by atoms with Gasteiger partial charge in [0.05, 0.1) is 25.4 Å². The number of aryl methyl sites for hydroxylation is 1. The number of hydrogen-bond donors (Lipinski definition) is 1. The zero-order valence-corrected chi connectivity index (χ0v) is 11.5. The number of nitrogens with one attached hydrogen (secondary N) is 1. The normalized spacial score (nSPS) is 19.3. The minimum atomic E-state index is 0.149. The van der Waals surface area contributed by atoms with Gasteiger partial charge < -0.3 is 14.8 Å². The second kappa shape index (κ2) is 6.32. The molecule has 1 N–H and O–H groups in total. The summed E-state index contributed by atoms with van der Waals surface area (Å²) in [4.78, 5) is 0. The summed E-state index contributed by atoms with van der Waals surface area (Å²) >= 11 is 0. The predicted octanol–water partition coefficient (Wildman–Crippen LogP) is 2.31. The zero-order valence-electron chi connectivity index (χ0n) is 11.5. The molecule has 0 amide bonds. The Kier molecular flexibility index (Phi) is 4.75. The maximum Gasteiger partial charge on any atom is 0.105 e. The molecule has 1 aromatic carbocycles. The van der Waals surface area contributed by atoms with Crippen LogP contribution in [0, 0.1) is 0 Å². The van der Waals surface area contributed by atoms with Crippen molar-refractivity contribution in [3.05, 3.63) is 35.4 Å². The average Bonchev–Trinajstić information content (AvgIpc) is 2.35. The van der Waals surface area contributed by atoms with E-state index in [1.807, 2.05) is 7.05 Å². The van der Waals surface area contributed by atoms with Crippen molar-refractivity contribution in [2.75, 3.05) is 20.3 Å². The summed E-state index contributed by atoms with van der Waals surface area (Å²) in [5.41, 5.74) is 2.65. The van der Waals surface area contributed by atoms with Crippen LogP contribution in [0.2, 0.25) is 0 Å². The van der Waals surface area contributed by atoms with Crippen molar-refractivity contribution < 1.29 is 9.47 Å². The van der Waals surface area contributed by atoms with Crippen molar-refractivity contribution in [3.8, 4) is 0 Å². The van der Waals surface area contributed by atoms with Crippen molar-refractivity contribution >= 4 is 0 Å². The van der Waals surface area contributed by atoms with Crippen molar-refractivity contribution in [2.24, 2.45) is 0 Å². The molecule has 2 rings (SSSR count). The van der Waals surface area contributed by atoms with E-state index in [4.69, 9.17) is 9.47 Å². The summed E-state index contributed by atoms with van der Waals surface area (Å²) in [5.74, 6) is 0. The van der Waals surface area contributed by atoms with Crippen LogP contribution >= 0.6 is 0 Å². The third-order valence-electron chi connectivity index (χ3n) is 3.54. The van der Waals surface area contributed by atoms with Crippen LogP contribution in [0.4, 0.5) is 0 Å². The van der Waals surface area contributed by atoms with Crippen molar-refractivity contribution in [2.45, 2.75) is 38.5 Å². The zero-order chi connectivity index (χ0) is 13.0. The van der Waals surface area contributed by atoms with Crippen LogP contribution in [0.5, 0.6) is 0 Å². The Labute approximate surface area is 109 Å². The topological polar surface area (TPSA) is 30.5 Å². The van der Waals surface area contributed by atoms with E-state index in [9.17, 15) is 0 Å². The molecule has 0 radical (unpaired) electrons. The quantitative estimate of drug-likeness (QED) is 0.839. The molecule has 0 spiro atoms. The van der Waals surface area contributed by atoms with Gasteiger partial charge in [0.15, 0.2) is 0 Å². The second-order valence-electron chi connectivity index (χ2n) is 4.86. The molecule has 100 valence electrons. The number of likely N-dealkylation sites (N-methyl/N-ethyl adjacent to an activating group) is 1. The van der Waals surface area contributed by atoms with Crippen molar-refractivity contribution in [1.82, 2.24) is 5.32 Å². The van der Waals surface area contributed by atoms with E-state index in [0.29, 0.717) is 0 Å². The van der Waals surface area contributed by atoms with Crippen LogP contribution in [0.3, 0.4) is 0 Å². The lowest BCUT2D eigenvalue weighted by Crippen LogP contribution is -2.41. The molecule has 2 atom stereocenters. The smallest absolute Gasteiger partial charge is 0.105 e. The molecule has 3 nitrogen and oxygen atoms in total. The van der Waals surface area contributed by atoms with Crippen molar-refractivity contribution in [3.63, 3.8) is 0 Å². The molecule has 0 saturated carbocycles. The van der Waals surface area contributed by atoms with Gasteiger partial charge in [0.25, 0.3) is 0 Å². The van der Waals surface area contributed by atoms with Gasteiger partial charge in [-0.1, -0.05) is 31.2 Å². The van der Waals surface area contributed by atoms with Gasteiger partial charge in [0.1, 0.15) is 6.10 Å². The molecule has 1 fully saturated rings. The number of benzene rings is 1. The first-order valence-electron chi connectivity index (χ1n) is 6.74. The summed E-state index contributed by atoms with van der Waals surface area (Å²) in [6.07, 6.45) is 1.50. The maximum absolute atomic E-state index is 5.96. The van der Waals surface area contributed by atoms with E-state index in [1.165, 1.54) is 11.1 Å². The van der Waals surface area contributed by atoms with Gasteiger partial charge >= 0.3 is 0 Å². The fourth-order valence-electron chi connectivity index (χ4n) is 2.31. The first-order valence-corrected chi connectivity index (χ1v) is 6.74. The minimum Gasteiger partial charge on any atom is -0.376 e. The summed E-state index contributed by atoms with van der Waals surface area (Å²) in [5, 5.41) is 3.34. The Morgan fingerprint density at radius 3 is 2.44 bits per heavy atom. The Morgan fingerprint density at radius 1 is 1.33 bits per heavy atom. The highest BCUT2D eigenvalue weighted by molar-refractivity contribution is 5.25. The molecule has 1 aromatic rings. The number of hydrogen-bond acceptors (Lipinski definition) is 3. The fourth-order valence-corrected chi connectivity index (χ4v) is 2.31. The molecule has 0 aromatic heterocycles. The van der Waals surface area contributed by atoms with E-state index >= 15 is 0 Å².